The van der Waals surface area contributed by atoms with Crippen LogP contribution in [0.4, 0.5) is 5.69 Å². The fourth-order valence-corrected chi connectivity index (χ4v) is 2.45. The molecule has 1 fully saturated rings. The summed E-state index contributed by atoms with van der Waals surface area (Å²) in [6.45, 7) is 1.54. The van der Waals surface area contributed by atoms with Crippen LogP contribution in [0, 0.1) is 5.92 Å². The third kappa shape index (κ3) is 2.48. The van der Waals surface area contributed by atoms with Crippen LogP contribution in [0.1, 0.15) is 11.5 Å². The van der Waals surface area contributed by atoms with E-state index in [0.29, 0.717) is 6.54 Å². The second-order valence-corrected chi connectivity index (χ2v) is 4.88. The Balaban J connectivity index is 2.17. The van der Waals surface area contributed by atoms with Crippen LogP contribution in [0.2, 0.25) is 0 Å². The van der Waals surface area contributed by atoms with E-state index in [-0.39, 0.29) is 17.8 Å². The molecule has 2 rings (SSSR count). The Bertz CT molecular complexity index is 414. The van der Waals surface area contributed by atoms with Crippen LogP contribution in [-0.2, 0) is 9.53 Å². The molecule has 0 aromatic heterocycles. The van der Waals surface area contributed by atoms with E-state index in [0.717, 1.165) is 6.54 Å². The van der Waals surface area contributed by atoms with Gasteiger partial charge in [0.1, 0.15) is 0 Å². The topological polar surface area (TPSA) is 41.6 Å². The zero-order valence-electron chi connectivity index (χ0n) is 11.1. The van der Waals surface area contributed by atoms with Gasteiger partial charge >= 0.3 is 5.97 Å². The molecule has 0 aliphatic carbocycles. The molecule has 1 saturated heterocycles. The predicted octanol–water partition coefficient (Wildman–Crippen LogP) is 1.23. The van der Waals surface area contributed by atoms with Crippen molar-refractivity contribution in [2.45, 2.75) is 5.92 Å². The van der Waals surface area contributed by atoms with Crippen LogP contribution in [0.15, 0.2) is 24.3 Å². The number of anilines is 1. The van der Waals surface area contributed by atoms with Crippen LogP contribution in [0.5, 0.6) is 0 Å². The molecule has 98 valence electrons. The van der Waals surface area contributed by atoms with Crippen LogP contribution in [0.25, 0.3) is 0 Å². The molecule has 0 saturated carbocycles. The highest BCUT2D eigenvalue weighted by atomic mass is 16.5. The molecule has 1 heterocycles. The van der Waals surface area contributed by atoms with Gasteiger partial charge in [-0.2, -0.15) is 0 Å². The lowest BCUT2D eigenvalue weighted by Gasteiger charge is -2.18. The van der Waals surface area contributed by atoms with Crippen LogP contribution < -0.4 is 10.2 Å². The lowest BCUT2D eigenvalue weighted by Crippen LogP contribution is -2.23. The van der Waals surface area contributed by atoms with Gasteiger partial charge in [-0.15, -0.1) is 0 Å². The van der Waals surface area contributed by atoms with Crippen molar-refractivity contribution in [3.8, 4) is 0 Å². The van der Waals surface area contributed by atoms with Crippen molar-refractivity contribution in [1.82, 2.24) is 5.32 Å². The summed E-state index contributed by atoms with van der Waals surface area (Å²) >= 11 is 0. The number of benzene rings is 1. The molecule has 1 aromatic carbocycles. The van der Waals surface area contributed by atoms with Crippen LogP contribution in [0.3, 0.4) is 0 Å². The van der Waals surface area contributed by atoms with Gasteiger partial charge in [-0.3, -0.25) is 4.79 Å². The molecule has 0 amide bonds. The van der Waals surface area contributed by atoms with Gasteiger partial charge in [-0.05, 0) is 17.7 Å². The Hall–Kier alpha value is -1.55. The second kappa shape index (κ2) is 5.40. The highest BCUT2D eigenvalue weighted by Crippen LogP contribution is 2.30. The smallest absolute Gasteiger partial charge is 0.310 e. The largest absolute Gasteiger partial charge is 0.469 e. The van der Waals surface area contributed by atoms with E-state index < -0.39 is 0 Å². The summed E-state index contributed by atoms with van der Waals surface area (Å²) in [6.07, 6.45) is 0. The Labute approximate surface area is 108 Å². The number of hydrogen-bond acceptors (Lipinski definition) is 4. The minimum absolute atomic E-state index is 0.0693. The zero-order chi connectivity index (χ0) is 13.1. The number of nitrogens with one attached hydrogen (secondary N) is 1. The molecule has 1 aromatic rings. The van der Waals surface area contributed by atoms with Crippen molar-refractivity contribution >= 4 is 11.7 Å². The molecular formula is C14H20N2O2. The maximum atomic E-state index is 11.7. The van der Waals surface area contributed by atoms with E-state index in [1.54, 1.807) is 0 Å². The van der Waals surface area contributed by atoms with Gasteiger partial charge in [0.25, 0.3) is 0 Å². The molecule has 0 bridgehead atoms. The van der Waals surface area contributed by atoms with Crippen molar-refractivity contribution in [1.29, 1.82) is 0 Å². The molecule has 0 spiro atoms. The van der Waals surface area contributed by atoms with E-state index in [1.165, 1.54) is 18.4 Å². The van der Waals surface area contributed by atoms with Crippen LogP contribution in [-0.4, -0.2) is 40.3 Å². The van der Waals surface area contributed by atoms with Gasteiger partial charge in [0, 0.05) is 38.8 Å². The molecule has 1 N–H and O–H groups in total. The minimum atomic E-state index is -0.123. The monoisotopic (exact) mass is 248 g/mol. The standard InChI is InChI=1S/C14H20N2O2/c1-16(2)11-6-4-10(5-7-11)12-8-15-9-13(12)14(17)18-3/h4-7,12-13,15H,8-9H2,1-3H3/t12-,13+/m0/s1. The summed E-state index contributed by atoms with van der Waals surface area (Å²) in [7, 11) is 5.49. The molecule has 1 aliphatic rings. The van der Waals surface area contributed by atoms with Crippen molar-refractivity contribution in [3.05, 3.63) is 29.8 Å². The Morgan fingerprint density at radius 2 is 1.94 bits per heavy atom. The number of carbonyl (C=O) groups is 1. The summed E-state index contributed by atoms with van der Waals surface area (Å²) in [5.41, 5.74) is 2.36. The lowest BCUT2D eigenvalue weighted by molar-refractivity contribution is -0.145. The molecule has 0 unspecified atom stereocenters. The molecule has 2 atom stereocenters. The lowest BCUT2D eigenvalue weighted by atomic mass is 9.89. The van der Waals surface area contributed by atoms with E-state index in [1.807, 2.05) is 14.1 Å². The minimum Gasteiger partial charge on any atom is -0.469 e. The number of ether oxygens (including phenoxy) is 1. The fraction of sp³-hybridized carbons (Fsp3) is 0.500. The Morgan fingerprint density at radius 1 is 1.28 bits per heavy atom. The molecule has 4 heteroatoms. The number of nitrogens with zero attached hydrogens (tertiary/aromatic N) is 1. The predicted molar refractivity (Wildman–Crippen MR) is 71.9 cm³/mol. The summed E-state index contributed by atoms with van der Waals surface area (Å²) < 4.78 is 4.86. The first-order valence-corrected chi connectivity index (χ1v) is 6.19. The van der Waals surface area contributed by atoms with E-state index in [2.05, 4.69) is 34.5 Å². The third-order valence-electron chi connectivity index (χ3n) is 3.56. The summed E-state index contributed by atoms with van der Waals surface area (Å²) in [5.74, 6) is 0.0237. The maximum Gasteiger partial charge on any atom is 0.310 e. The average Bonchev–Trinajstić information content (AvgIpc) is 2.87. The number of rotatable bonds is 3. The fourth-order valence-electron chi connectivity index (χ4n) is 2.45. The first kappa shape index (κ1) is 12.9. The van der Waals surface area contributed by atoms with Crippen LogP contribution >= 0.6 is 0 Å². The van der Waals surface area contributed by atoms with Crippen molar-refractivity contribution in [2.24, 2.45) is 5.92 Å². The molecular weight excluding hydrogens is 228 g/mol. The van der Waals surface area contributed by atoms with Gasteiger partial charge in [-0.1, -0.05) is 12.1 Å². The van der Waals surface area contributed by atoms with Crippen molar-refractivity contribution in [3.63, 3.8) is 0 Å². The normalized spacial score (nSPS) is 22.8. The summed E-state index contributed by atoms with van der Waals surface area (Å²) in [5, 5.41) is 3.26. The van der Waals surface area contributed by atoms with Gasteiger partial charge in [-0.25, -0.2) is 0 Å². The van der Waals surface area contributed by atoms with Gasteiger partial charge < -0.3 is 15.0 Å². The SMILES string of the molecule is COC(=O)[C@@H]1CNC[C@H]1c1ccc(N(C)C)cc1. The van der Waals surface area contributed by atoms with Crippen molar-refractivity contribution in [2.75, 3.05) is 39.2 Å². The number of methoxy groups -OCH3 is 1. The summed E-state index contributed by atoms with van der Waals surface area (Å²) in [4.78, 5) is 13.8. The Kier molecular flexibility index (Phi) is 3.87. The van der Waals surface area contributed by atoms with Gasteiger partial charge in [0.05, 0.1) is 13.0 Å². The molecule has 1 aliphatic heterocycles. The van der Waals surface area contributed by atoms with Gasteiger partial charge in [0.2, 0.25) is 0 Å². The zero-order valence-corrected chi connectivity index (χ0v) is 11.1. The molecule has 0 radical (unpaired) electrons. The van der Waals surface area contributed by atoms with Gasteiger partial charge in [0.15, 0.2) is 0 Å². The average molecular weight is 248 g/mol. The second-order valence-electron chi connectivity index (χ2n) is 4.88. The number of hydrogen-bond donors (Lipinski definition) is 1. The molecule has 18 heavy (non-hydrogen) atoms. The highest BCUT2D eigenvalue weighted by molar-refractivity contribution is 5.74. The molecule has 4 nitrogen and oxygen atoms in total. The van der Waals surface area contributed by atoms with E-state index >= 15 is 0 Å². The van der Waals surface area contributed by atoms with E-state index in [4.69, 9.17) is 4.74 Å². The number of esters is 1. The Morgan fingerprint density at radius 3 is 2.50 bits per heavy atom. The third-order valence-corrected chi connectivity index (χ3v) is 3.56. The quantitative estimate of drug-likeness (QED) is 0.817. The van der Waals surface area contributed by atoms with E-state index in [9.17, 15) is 4.79 Å². The number of carbonyl (C=O) groups excluding carboxylic acids is 1. The maximum absolute atomic E-state index is 11.7. The summed E-state index contributed by atoms with van der Waals surface area (Å²) in [6, 6.07) is 8.37. The first-order valence-electron chi connectivity index (χ1n) is 6.19. The van der Waals surface area contributed by atoms with Crippen molar-refractivity contribution < 1.29 is 9.53 Å². The first-order chi connectivity index (χ1) is 8.63. The highest BCUT2D eigenvalue weighted by Gasteiger charge is 2.34.